The van der Waals surface area contributed by atoms with E-state index in [-0.39, 0.29) is 22.6 Å². The van der Waals surface area contributed by atoms with Crippen LogP contribution in [0.1, 0.15) is 46.3 Å². The zero-order chi connectivity index (χ0) is 32.1. The Bertz CT molecular complexity index is 1890. The van der Waals surface area contributed by atoms with Gasteiger partial charge in [-0.1, -0.05) is 23.7 Å². The van der Waals surface area contributed by atoms with Gasteiger partial charge < -0.3 is 15.2 Å². The number of alkyl halides is 3. The highest BCUT2D eigenvalue weighted by molar-refractivity contribution is 6.31. The minimum absolute atomic E-state index is 0.00232. The lowest BCUT2D eigenvalue weighted by atomic mass is 9.92. The van der Waals surface area contributed by atoms with E-state index in [0.717, 1.165) is 12.1 Å². The summed E-state index contributed by atoms with van der Waals surface area (Å²) in [5.41, 5.74) is -1.95. The van der Waals surface area contributed by atoms with Crippen molar-refractivity contribution in [1.29, 1.82) is 0 Å². The lowest BCUT2D eigenvalue weighted by molar-refractivity contribution is -0.138. The molecule has 1 aliphatic rings. The van der Waals surface area contributed by atoms with Gasteiger partial charge in [0.15, 0.2) is 0 Å². The number of ether oxygens (including phenoxy) is 1. The third-order valence-corrected chi connectivity index (χ3v) is 7.62. The molecule has 1 amide bonds. The van der Waals surface area contributed by atoms with Gasteiger partial charge in [0, 0.05) is 22.9 Å². The maximum absolute atomic E-state index is 15.7. The fourth-order valence-electron chi connectivity index (χ4n) is 5.24. The number of amides is 1. The van der Waals surface area contributed by atoms with E-state index in [1.165, 1.54) is 25.1 Å². The summed E-state index contributed by atoms with van der Waals surface area (Å²) in [5, 5.41) is 10.8. The van der Waals surface area contributed by atoms with Crippen LogP contribution in [-0.4, -0.2) is 21.6 Å². The number of carboxylic acid groups (broad SMARTS) is 1. The van der Waals surface area contributed by atoms with Crippen molar-refractivity contribution in [3.05, 3.63) is 116 Å². The topological polar surface area (TPSA) is 97.6 Å². The van der Waals surface area contributed by atoms with E-state index in [1.54, 1.807) is 25.1 Å². The molecular formula is C31H22ClF5N2O5. The minimum atomic E-state index is -5.01. The number of pyridine rings is 1. The molecule has 7 nitrogen and oxygen atoms in total. The normalized spacial score (nSPS) is 16.5. The number of hydrogen-bond acceptors (Lipinski definition) is 4. The first-order valence-corrected chi connectivity index (χ1v) is 13.4. The van der Waals surface area contributed by atoms with Crippen molar-refractivity contribution in [1.82, 2.24) is 9.88 Å². The number of aromatic nitrogens is 1. The molecule has 2 heterocycles. The van der Waals surface area contributed by atoms with Gasteiger partial charge in [0.05, 0.1) is 18.0 Å². The Morgan fingerprint density at radius 3 is 2.43 bits per heavy atom. The van der Waals surface area contributed by atoms with Gasteiger partial charge in [0.25, 0.3) is 5.56 Å². The van der Waals surface area contributed by atoms with Crippen LogP contribution >= 0.6 is 11.6 Å². The number of fused-ring (bicyclic) bond motifs is 6. The highest BCUT2D eigenvalue weighted by Crippen LogP contribution is 2.40. The molecule has 5 rings (SSSR count). The van der Waals surface area contributed by atoms with Gasteiger partial charge in [-0.05, 0) is 73.0 Å². The number of rotatable bonds is 3. The van der Waals surface area contributed by atoms with Crippen LogP contribution in [0.3, 0.4) is 0 Å². The van der Waals surface area contributed by atoms with Crippen molar-refractivity contribution < 1.29 is 41.4 Å². The summed E-state index contributed by atoms with van der Waals surface area (Å²) in [6.45, 7) is 3.21. The molecule has 0 saturated carbocycles. The molecule has 4 bridgehead atoms. The third-order valence-electron chi connectivity index (χ3n) is 7.26. The first kappa shape index (κ1) is 30.7. The molecule has 0 unspecified atom stereocenters. The van der Waals surface area contributed by atoms with Crippen molar-refractivity contribution in [2.45, 2.75) is 38.5 Å². The number of benzene rings is 3. The van der Waals surface area contributed by atoms with Gasteiger partial charge in [-0.25, -0.2) is 8.78 Å². The van der Waals surface area contributed by atoms with Crippen LogP contribution < -0.4 is 15.6 Å². The van der Waals surface area contributed by atoms with Crippen LogP contribution in [-0.2, 0) is 15.8 Å². The average molecular weight is 633 g/mol. The second-order valence-electron chi connectivity index (χ2n) is 10.2. The maximum Gasteiger partial charge on any atom is 0.418 e. The second-order valence-corrected chi connectivity index (χ2v) is 10.6. The van der Waals surface area contributed by atoms with Gasteiger partial charge in [-0.2, -0.15) is 13.2 Å². The Hall–Kier alpha value is -4.71. The largest absolute Gasteiger partial charge is 0.481 e. The fourth-order valence-corrected chi connectivity index (χ4v) is 5.51. The molecule has 0 radical (unpaired) electrons. The van der Waals surface area contributed by atoms with Crippen LogP contribution in [0.2, 0.25) is 5.02 Å². The summed E-state index contributed by atoms with van der Waals surface area (Å²) in [4.78, 5) is 39.0. The predicted molar refractivity (Wildman–Crippen MR) is 150 cm³/mol. The van der Waals surface area contributed by atoms with Crippen LogP contribution in [0, 0.1) is 25.5 Å². The van der Waals surface area contributed by atoms with Gasteiger partial charge in [0.1, 0.15) is 34.2 Å². The van der Waals surface area contributed by atoms with E-state index < -0.39 is 69.9 Å². The summed E-state index contributed by atoms with van der Waals surface area (Å²) in [6, 6.07) is 8.08. The van der Waals surface area contributed by atoms with Crippen LogP contribution in [0.15, 0.2) is 65.6 Å². The number of carbonyl (C=O) groups excluding carboxylic acids is 1. The van der Waals surface area contributed by atoms with Gasteiger partial charge in [-0.15, -0.1) is 0 Å². The predicted octanol–water partition coefficient (Wildman–Crippen LogP) is 7.11. The number of carboxylic acids is 1. The SMILES string of the molecule is Cc1cc2cc(c1F)[C@@H](CC(=O)O)NC(=O)[C@H](n1ccc(C(F)(F)F)c(Cl)c1=O)c1cc(ccc1F)Oc1cccc(C)c1-2. The molecule has 2 N–H and O–H groups in total. The molecule has 1 aromatic heterocycles. The zero-order valence-corrected chi connectivity index (χ0v) is 23.7. The van der Waals surface area contributed by atoms with Crippen molar-refractivity contribution in [2.75, 3.05) is 0 Å². The third kappa shape index (κ3) is 5.64. The van der Waals surface area contributed by atoms with E-state index in [2.05, 4.69) is 5.32 Å². The van der Waals surface area contributed by atoms with Crippen molar-refractivity contribution in [3.63, 3.8) is 0 Å². The Balaban J connectivity index is 1.83. The molecule has 0 fully saturated rings. The molecule has 0 aliphatic carbocycles. The summed E-state index contributed by atoms with van der Waals surface area (Å²) < 4.78 is 78.1. The average Bonchev–Trinajstić information content (AvgIpc) is 2.93. The summed E-state index contributed by atoms with van der Waals surface area (Å²) in [6.07, 6.45) is -5.22. The quantitative estimate of drug-likeness (QED) is 0.235. The minimum Gasteiger partial charge on any atom is -0.481 e. The van der Waals surface area contributed by atoms with Crippen molar-refractivity contribution in [3.8, 4) is 22.6 Å². The van der Waals surface area contributed by atoms with Crippen molar-refractivity contribution in [2.24, 2.45) is 0 Å². The summed E-state index contributed by atoms with van der Waals surface area (Å²) in [7, 11) is 0. The van der Waals surface area contributed by atoms with E-state index in [1.807, 2.05) is 0 Å². The number of nitrogens with one attached hydrogen (secondary N) is 1. The Morgan fingerprint density at radius 1 is 1.02 bits per heavy atom. The molecule has 2 atom stereocenters. The highest BCUT2D eigenvalue weighted by atomic mass is 35.5. The second kappa shape index (κ2) is 11.4. The summed E-state index contributed by atoms with van der Waals surface area (Å²) >= 11 is 5.80. The number of aryl methyl sites for hydroxylation is 2. The van der Waals surface area contributed by atoms with Crippen LogP contribution in [0.4, 0.5) is 22.0 Å². The van der Waals surface area contributed by atoms with E-state index >= 15 is 8.78 Å². The maximum atomic E-state index is 15.7. The van der Waals surface area contributed by atoms with Gasteiger partial charge >= 0.3 is 12.1 Å². The molecule has 13 heteroatoms. The molecule has 44 heavy (non-hydrogen) atoms. The fraction of sp³-hybridized carbons (Fsp3) is 0.194. The molecule has 3 aromatic carbocycles. The Labute approximate surface area is 251 Å². The number of nitrogens with zero attached hydrogens (tertiary/aromatic N) is 1. The van der Waals surface area contributed by atoms with Crippen molar-refractivity contribution >= 4 is 23.5 Å². The zero-order valence-electron chi connectivity index (χ0n) is 22.9. The highest BCUT2D eigenvalue weighted by Gasteiger charge is 2.37. The molecule has 1 aliphatic heterocycles. The number of aliphatic carboxylic acids is 1. The molecule has 228 valence electrons. The molecule has 0 saturated heterocycles. The molecule has 0 spiro atoms. The molecule has 4 aromatic rings. The van der Waals surface area contributed by atoms with Gasteiger partial charge in [0.2, 0.25) is 5.91 Å². The van der Waals surface area contributed by atoms with E-state index in [4.69, 9.17) is 16.3 Å². The Kier molecular flexibility index (Phi) is 7.98. The number of carbonyl (C=O) groups is 2. The number of halogens is 6. The standard InChI is InChI=1S/C31H22ClF5N2O5/c1-14-4-3-5-23-25(14)16-10-15(2)27(34)19(11-16)22(13-24(40)41)38-29(42)28(18-12-17(44-23)6-7-21(18)33)39-9-8-20(31(35,36)37)26(32)30(39)43/h3-12,22,28H,13H2,1-2H3,(H,38,42)(H,40,41)/t22-,28-/m1/s1. The van der Waals surface area contributed by atoms with Crippen LogP contribution in [0.25, 0.3) is 11.1 Å². The first-order valence-electron chi connectivity index (χ1n) is 13.0. The Morgan fingerprint density at radius 2 is 1.75 bits per heavy atom. The summed E-state index contributed by atoms with van der Waals surface area (Å²) in [5.74, 6) is -4.28. The number of hydrogen-bond donors (Lipinski definition) is 2. The molecular weight excluding hydrogens is 611 g/mol. The smallest absolute Gasteiger partial charge is 0.418 e. The van der Waals surface area contributed by atoms with Crippen LogP contribution in [0.5, 0.6) is 11.5 Å². The van der Waals surface area contributed by atoms with Gasteiger partial charge in [-0.3, -0.25) is 19.0 Å². The lowest BCUT2D eigenvalue weighted by Crippen LogP contribution is -2.41. The first-order chi connectivity index (χ1) is 20.7. The van der Waals surface area contributed by atoms with E-state index in [0.29, 0.717) is 33.5 Å². The monoisotopic (exact) mass is 632 g/mol. The van der Waals surface area contributed by atoms with E-state index in [9.17, 15) is 32.7 Å². The lowest BCUT2D eigenvalue weighted by Gasteiger charge is -2.25.